The molecule has 0 saturated carbocycles. The number of carbonyl (C=O) groups excluding carboxylic acids is 1. The number of hydrogen-bond donors (Lipinski definition) is 2. The largest absolute Gasteiger partial charge is 0.369 e. The summed E-state index contributed by atoms with van der Waals surface area (Å²) in [6.07, 6.45) is 1.50. The maximum absolute atomic E-state index is 13.0. The van der Waals surface area contributed by atoms with Gasteiger partial charge >= 0.3 is 0 Å². The Balaban J connectivity index is 1.40. The quantitative estimate of drug-likeness (QED) is 0.530. The molecule has 0 unspecified atom stereocenters. The highest BCUT2D eigenvalue weighted by Crippen LogP contribution is 2.22. The Morgan fingerprint density at radius 2 is 1.81 bits per heavy atom. The zero-order valence-electron chi connectivity index (χ0n) is 17.3. The van der Waals surface area contributed by atoms with Gasteiger partial charge in [0.15, 0.2) is 0 Å². The van der Waals surface area contributed by atoms with Crippen LogP contribution in [0.3, 0.4) is 0 Å². The summed E-state index contributed by atoms with van der Waals surface area (Å²) in [5.74, 6) is -0.269. The number of carbonyl (C=O) groups is 1. The van der Waals surface area contributed by atoms with Gasteiger partial charge in [0.05, 0.1) is 17.1 Å². The van der Waals surface area contributed by atoms with Crippen molar-refractivity contribution >= 4 is 28.1 Å². The minimum atomic E-state index is -0.269. The van der Waals surface area contributed by atoms with Crippen molar-refractivity contribution in [1.82, 2.24) is 24.8 Å². The first-order valence-electron chi connectivity index (χ1n) is 10.4. The molecule has 1 aliphatic rings. The van der Waals surface area contributed by atoms with E-state index in [4.69, 9.17) is 0 Å². The SMILES string of the molecule is CN1CCN(c2ccccc2CNC(=O)c2cnn3c2[nH]c(=O)c2ccccc23)CC1. The zero-order valence-corrected chi connectivity index (χ0v) is 17.3. The predicted octanol–water partition coefficient (Wildman–Crippen LogP) is 1.86. The van der Waals surface area contributed by atoms with Crippen LogP contribution in [0.15, 0.2) is 59.5 Å². The van der Waals surface area contributed by atoms with Crippen molar-refractivity contribution in [3.63, 3.8) is 0 Å². The third-order valence-corrected chi connectivity index (χ3v) is 5.90. The van der Waals surface area contributed by atoms with Crippen molar-refractivity contribution in [3.8, 4) is 0 Å². The molecule has 2 aromatic heterocycles. The Morgan fingerprint density at radius 1 is 1.06 bits per heavy atom. The molecule has 1 saturated heterocycles. The van der Waals surface area contributed by atoms with E-state index in [0.29, 0.717) is 28.7 Å². The lowest BCUT2D eigenvalue weighted by molar-refractivity contribution is 0.0952. The van der Waals surface area contributed by atoms with E-state index in [2.05, 4.69) is 38.3 Å². The standard InChI is InChI=1S/C23H24N6O2/c1-27-10-12-28(13-11-27)19-8-4-2-6-16(19)14-24-22(30)18-15-25-29-20-9-5-3-7-17(20)23(31)26-21(18)29/h2-9,15H,10-14H2,1H3,(H,24,30)(H,26,31). The Hall–Kier alpha value is -3.65. The van der Waals surface area contributed by atoms with Crippen molar-refractivity contribution in [2.75, 3.05) is 38.1 Å². The van der Waals surface area contributed by atoms with Crippen LogP contribution in [0.4, 0.5) is 5.69 Å². The summed E-state index contributed by atoms with van der Waals surface area (Å²) in [5, 5.41) is 7.87. The number of aromatic nitrogens is 3. The van der Waals surface area contributed by atoms with E-state index in [1.54, 1.807) is 16.6 Å². The van der Waals surface area contributed by atoms with E-state index >= 15 is 0 Å². The minimum absolute atomic E-state index is 0.238. The molecule has 2 aromatic carbocycles. The Labute approximate surface area is 179 Å². The lowest BCUT2D eigenvalue weighted by atomic mass is 10.1. The molecule has 0 spiro atoms. The first kappa shape index (κ1) is 19.3. The summed E-state index contributed by atoms with van der Waals surface area (Å²) in [7, 11) is 2.13. The number of nitrogens with one attached hydrogen (secondary N) is 2. The molecule has 1 aliphatic heterocycles. The van der Waals surface area contributed by atoms with Crippen LogP contribution in [0.2, 0.25) is 0 Å². The van der Waals surface area contributed by atoms with Gasteiger partial charge in [0.1, 0.15) is 11.2 Å². The van der Waals surface area contributed by atoms with Gasteiger partial charge in [-0.2, -0.15) is 5.10 Å². The predicted molar refractivity (Wildman–Crippen MR) is 121 cm³/mol. The summed E-state index contributed by atoms with van der Waals surface area (Å²) in [6, 6.07) is 15.4. The van der Waals surface area contributed by atoms with Crippen LogP contribution in [0.25, 0.3) is 16.6 Å². The van der Waals surface area contributed by atoms with Crippen LogP contribution in [-0.2, 0) is 6.54 Å². The summed E-state index contributed by atoms with van der Waals surface area (Å²) >= 11 is 0. The molecule has 3 heterocycles. The third-order valence-electron chi connectivity index (χ3n) is 5.90. The van der Waals surface area contributed by atoms with Gasteiger partial charge in [-0.3, -0.25) is 9.59 Å². The number of likely N-dealkylation sites (N-methyl/N-ethyl adjacent to an activating group) is 1. The summed E-state index contributed by atoms with van der Waals surface area (Å²) in [4.78, 5) is 32.9. The average molecular weight is 416 g/mol. The number of rotatable bonds is 4. The van der Waals surface area contributed by atoms with Gasteiger partial charge in [-0.1, -0.05) is 30.3 Å². The number of aromatic amines is 1. The molecular formula is C23H24N6O2. The van der Waals surface area contributed by atoms with Gasteiger partial charge in [0.25, 0.3) is 11.5 Å². The number of fused-ring (bicyclic) bond motifs is 3. The van der Waals surface area contributed by atoms with E-state index in [0.717, 1.165) is 37.4 Å². The average Bonchev–Trinajstić information content (AvgIpc) is 3.22. The number of amides is 1. The lowest BCUT2D eigenvalue weighted by Crippen LogP contribution is -2.45. The number of H-pyrrole nitrogens is 1. The highest BCUT2D eigenvalue weighted by atomic mass is 16.2. The highest BCUT2D eigenvalue weighted by Gasteiger charge is 2.19. The Morgan fingerprint density at radius 3 is 2.65 bits per heavy atom. The fraction of sp³-hybridized carbons (Fsp3) is 0.261. The van der Waals surface area contributed by atoms with Crippen LogP contribution in [-0.4, -0.2) is 58.6 Å². The molecule has 8 heteroatoms. The molecule has 2 N–H and O–H groups in total. The molecule has 0 aliphatic carbocycles. The van der Waals surface area contributed by atoms with Crippen LogP contribution in [0, 0.1) is 0 Å². The second-order valence-electron chi connectivity index (χ2n) is 7.89. The van der Waals surface area contributed by atoms with E-state index in [1.807, 2.05) is 30.3 Å². The van der Waals surface area contributed by atoms with Crippen molar-refractivity contribution in [2.45, 2.75) is 6.54 Å². The van der Waals surface area contributed by atoms with Crippen LogP contribution in [0.1, 0.15) is 15.9 Å². The van der Waals surface area contributed by atoms with Gasteiger partial charge < -0.3 is 20.1 Å². The van der Waals surface area contributed by atoms with E-state index in [-0.39, 0.29) is 11.5 Å². The molecule has 31 heavy (non-hydrogen) atoms. The van der Waals surface area contributed by atoms with Gasteiger partial charge in [0, 0.05) is 38.4 Å². The monoisotopic (exact) mass is 416 g/mol. The number of benzene rings is 2. The maximum atomic E-state index is 13.0. The van der Waals surface area contributed by atoms with Crippen molar-refractivity contribution in [2.24, 2.45) is 0 Å². The number of piperazine rings is 1. The second kappa shape index (κ2) is 7.88. The molecule has 0 bridgehead atoms. The smallest absolute Gasteiger partial charge is 0.259 e. The molecule has 1 amide bonds. The molecule has 0 radical (unpaired) electrons. The molecular weight excluding hydrogens is 392 g/mol. The highest BCUT2D eigenvalue weighted by molar-refractivity contribution is 6.00. The summed E-state index contributed by atoms with van der Waals surface area (Å²) < 4.78 is 1.60. The van der Waals surface area contributed by atoms with Gasteiger partial charge in [-0.15, -0.1) is 0 Å². The number of para-hydroxylation sites is 2. The normalized spacial score (nSPS) is 14.9. The molecule has 8 nitrogen and oxygen atoms in total. The van der Waals surface area contributed by atoms with Crippen LogP contribution in [0.5, 0.6) is 0 Å². The molecule has 4 aromatic rings. The first-order valence-corrected chi connectivity index (χ1v) is 10.4. The van der Waals surface area contributed by atoms with Crippen molar-refractivity contribution in [1.29, 1.82) is 0 Å². The Bertz CT molecular complexity index is 1320. The van der Waals surface area contributed by atoms with Gasteiger partial charge in [-0.05, 0) is 30.8 Å². The van der Waals surface area contributed by atoms with Crippen LogP contribution >= 0.6 is 0 Å². The molecule has 158 valence electrons. The topological polar surface area (TPSA) is 85.7 Å². The van der Waals surface area contributed by atoms with E-state index in [1.165, 1.54) is 6.20 Å². The third kappa shape index (κ3) is 3.55. The maximum Gasteiger partial charge on any atom is 0.259 e. The lowest BCUT2D eigenvalue weighted by Gasteiger charge is -2.35. The second-order valence-corrected chi connectivity index (χ2v) is 7.89. The minimum Gasteiger partial charge on any atom is -0.369 e. The van der Waals surface area contributed by atoms with E-state index in [9.17, 15) is 9.59 Å². The molecule has 5 rings (SSSR count). The van der Waals surface area contributed by atoms with Crippen molar-refractivity contribution < 1.29 is 4.79 Å². The molecule has 0 atom stereocenters. The molecule has 1 fully saturated rings. The fourth-order valence-corrected chi connectivity index (χ4v) is 4.13. The number of hydrogen-bond acceptors (Lipinski definition) is 5. The fourth-order valence-electron chi connectivity index (χ4n) is 4.13. The summed E-state index contributed by atoms with van der Waals surface area (Å²) in [6.45, 7) is 4.36. The van der Waals surface area contributed by atoms with Gasteiger partial charge in [-0.25, -0.2) is 4.52 Å². The first-order chi connectivity index (χ1) is 15.1. The van der Waals surface area contributed by atoms with Crippen LogP contribution < -0.4 is 15.8 Å². The van der Waals surface area contributed by atoms with Gasteiger partial charge in [0.2, 0.25) is 0 Å². The van der Waals surface area contributed by atoms with E-state index < -0.39 is 0 Å². The number of nitrogens with zero attached hydrogens (tertiary/aromatic N) is 4. The summed E-state index contributed by atoms with van der Waals surface area (Å²) in [5.41, 5.74) is 3.39. The van der Waals surface area contributed by atoms with Crippen molar-refractivity contribution in [3.05, 3.63) is 76.2 Å². The number of anilines is 1. The zero-order chi connectivity index (χ0) is 21.4. The Kier molecular flexibility index (Phi) is 4.91.